The number of nitro groups is 1. The summed E-state index contributed by atoms with van der Waals surface area (Å²) in [6.07, 6.45) is 0. The van der Waals surface area contributed by atoms with E-state index in [-0.39, 0.29) is 22.9 Å². The third-order valence-corrected chi connectivity index (χ3v) is 3.59. The normalized spacial score (nSPS) is 10.1. The molecule has 2 rings (SSSR count). The summed E-state index contributed by atoms with van der Waals surface area (Å²) in [5, 5.41) is 13.8. The van der Waals surface area contributed by atoms with Crippen LogP contribution >= 0.6 is 0 Å². The fraction of sp³-hybridized carbons (Fsp3) is 0.235. The fourth-order valence-electron chi connectivity index (χ4n) is 2.22. The monoisotopic (exact) mass is 345 g/mol. The Morgan fingerprint density at radius 1 is 1.08 bits per heavy atom. The molecule has 0 unspecified atom stereocenters. The highest BCUT2D eigenvalue weighted by atomic mass is 16.6. The second-order valence-electron chi connectivity index (χ2n) is 5.38. The molecule has 1 amide bonds. The lowest BCUT2D eigenvalue weighted by molar-refractivity contribution is -0.384. The van der Waals surface area contributed by atoms with E-state index in [0.29, 0.717) is 5.56 Å². The number of carbonyl (C=O) groups excluding carboxylic acids is 1. The molecule has 0 atom stereocenters. The summed E-state index contributed by atoms with van der Waals surface area (Å²) >= 11 is 0. The molecule has 0 saturated carbocycles. The Labute approximate surface area is 145 Å². The Kier molecular flexibility index (Phi) is 5.43. The quantitative estimate of drug-likeness (QED) is 0.639. The Bertz CT molecular complexity index is 788. The van der Waals surface area contributed by atoms with Gasteiger partial charge in [-0.25, -0.2) is 0 Å². The maximum absolute atomic E-state index is 12.4. The standard InChI is InChI=1S/C17H19N3O5/c1-19(2)12-7-5-11(6-8-12)17(21)18-13-9-15(24-3)16(25-4)10-14(13)20(22)23/h5-10H,1-4H3,(H,18,21). The number of nitrogens with zero attached hydrogens (tertiary/aromatic N) is 2. The zero-order valence-electron chi connectivity index (χ0n) is 14.4. The molecule has 8 nitrogen and oxygen atoms in total. The van der Waals surface area contributed by atoms with E-state index in [1.165, 1.54) is 26.4 Å². The number of ether oxygens (including phenoxy) is 2. The van der Waals surface area contributed by atoms with E-state index < -0.39 is 10.8 Å². The molecule has 8 heteroatoms. The number of hydrogen-bond acceptors (Lipinski definition) is 6. The van der Waals surface area contributed by atoms with Crippen molar-refractivity contribution in [3.8, 4) is 11.5 Å². The van der Waals surface area contributed by atoms with Gasteiger partial charge in [0.25, 0.3) is 11.6 Å². The maximum atomic E-state index is 12.4. The van der Waals surface area contributed by atoms with Crippen molar-refractivity contribution in [2.45, 2.75) is 0 Å². The Hall–Kier alpha value is -3.29. The lowest BCUT2D eigenvalue weighted by Gasteiger charge is -2.13. The van der Waals surface area contributed by atoms with Gasteiger partial charge < -0.3 is 19.7 Å². The van der Waals surface area contributed by atoms with Gasteiger partial charge in [0.15, 0.2) is 11.5 Å². The Morgan fingerprint density at radius 2 is 1.64 bits per heavy atom. The second-order valence-corrected chi connectivity index (χ2v) is 5.38. The molecule has 0 saturated heterocycles. The van der Waals surface area contributed by atoms with Crippen molar-refractivity contribution < 1.29 is 19.2 Å². The van der Waals surface area contributed by atoms with Gasteiger partial charge in [-0.3, -0.25) is 14.9 Å². The summed E-state index contributed by atoms with van der Waals surface area (Å²) in [6.45, 7) is 0. The number of methoxy groups -OCH3 is 2. The SMILES string of the molecule is COc1cc(NC(=O)c2ccc(N(C)C)cc2)c([N+](=O)[O-])cc1OC. The zero-order valence-corrected chi connectivity index (χ0v) is 14.4. The first kappa shape index (κ1) is 18.1. The molecule has 0 spiro atoms. The van der Waals surface area contributed by atoms with Crippen molar-refractivity contribution >= 4 is 23.0 Å². The van der Waals surface area contributed by atoms with Crippen LogP contribution in [0.1, 0.15) is 10.4 Å². The highest BCUT2D eigenvalue weighted by molar-refractivity contribution is 6.05. The Balaban J connectivity index is 2.34. The van der Waals surface area contributed by atoms with Gasteiger partial charge in [0.1, 0.15) is 5.69 Å². The van der Waals surface area contributed by atoms with Crippen LogP contribution in [0.5, 0.6) is 11.5 Å². The average molecular weight is 345 g/mol. The van der Waals surface area contributed by atoms with Gasteiger partial charge in [-0.2, -0.15) is 0 Å². The van der Waals surface area contributed by atoms with Gasteiger partial charge in [0.05, 0.1) is 25.2 Å². The summed E-state index contributed by atoms with van der Waals surface area (Å²) in [6, 6.07) is 9.46. The van der Waals surface area contributed by atoms with Gasteiger partial charge >= 0.3 is 0 Å². The van der Waals surface area contributed by atoms with E-state index in [9.17, 15) is 14.9 Å². The van der Waals surface area contributed by atoms with Crippen molar-refractivity contribution in [3.05, 3.63) is 52.1 Å². The Morgan fingerprint density at radius 3 is 2.12 bits per heavy atom. The van der Waals surface area contributed by atoms with Crippen LogP contribution in [0.25, 0.3) is 0 Å². The predicted molar refractivity (Wildman–Crippen MR) is 94.9 cm³/mol. The molecule has 1 N–H and O–H groups in total. The summed E-state index contributed by atoms with van der Waals surface area (Å²) in [5.41, 5.74) is 1.07. The molecule has 0 fully saturated rings. The average Bonchev–Trinajstić information content (AvgIpc) is 2.60. The molecule has 25 heavy (non-hydrogen) atoms. The number of hydrogen-bond donors (Lipinski definition) is 1. The molecule has 2 aromatic rings. The molecule has 0 aromatic heterocycles. The number of nitro benzene ring substituents is 1. The number of carbonyl (C=O) groups is 1. The van der Waals surface area contributed by atoms with E-state index in [1.807, 2.05) is 19.0 Å². The highest BCUT2D eigenvalue weighted by Crippen LogP contribution is 2.37. The summed E-state index contributed by atoms with van der Waals surface area (Å²) in [4.78, 5) is 25.0. The first-order chi connectivity index (χ1) is 11.9. The van der Waals surface area contributed by atoms with Crippen LogP contribution in [0.15, 0.2) is 36.4 Å². The van der Waals surface area contributed by atoms with E-state index in [4.69, 9.17) is 9.47 Å². The van der Waals surface area contributed by atoms with Crippen LogP contribution in [0.4, 0.5) is 17.1 Å². The summed E-state index contributed by atoms with van der Waals surface area (Å²) in [7, 11) is 6.57. The molecular formula is C17H19N3O5. The third-order valence-electron chi connectivity index (χ3n) is 3.59. The molecule has 0 aliphatic carbocycles. The van der Waals surface area contributed by atoms with Gasteiger partial charge in [-0.1, -0.05) is 0 Å². The minimum absolute atomic E-state index is 0.0318. The van der Waals surface area contributed by atoms with Crippen LogP contribution < -0.4 is 19.7 Å². The molecule has 0 radical (unpaired) electrons. The van der Waals surface area contributed by atoms with Gasteiger partial charge in [0.2, 0.25) is 0 Å². The van der Waals surface area contributed by atoms with E-state index in [2.05, 4.69) is 5.32 Å². The molecular weight excluding hydrogens is 326 g/mol. The first-order valence-corrected chi connectivity index (χ1v) is 7.36. The maximum Gasteiger partial charge on any atom is 0.296 e. The van der Waals surface area contributed by atoms with E-state index >= 15 is 0 Å². The molecule has 0 bridgehead atoms. The predicted octanol–water partition coefficient (Wildman–Crippen LogP) is 2.93. The summed E-state index contributed by atoms with van der Waals surface area (Å²) in [5.74, 6) is 0.0366. The minimum Gasteiger partial charge on any atom is -0.493 e. The topological polar surface area (TPSA) is 93.9 Å². The van der Waals surface area contributed by atoms with Crippen molar-refractivity contribution in [1.82, 2.24) is 0 Å². The van der Waals surface area contributed by atoms with Crippen LogP contribution in [0.2, 0.25) is 0 Å². The van der Waals surface area contributed by atoms with Crippen LogP contribution in [-0.2, 0) is 0 Å². The molecule has 0 heterocycles. The van der Waals surface area contributed by atoms with Crippen molar-refractivity contribution in [2.75, 3.05) is 38.5 Å². The van der Waals surface area contributed by atoms with E-state index in [1.54, 1.807) is 24.3 Å². The number of nitrogens with one attached hydrogen (secondary N) is 1. The van der Waals surface area contributed by atoms with Gasteiger partial charge in [-0.15, -0.1) is 0 Å². The van der Waals surface area contributed by atoms with Crippen LogP contribution in [0, 0.1) is 10.1 Å². The third kappa shape index (κ3) is 3.97. The molecule has 0 aliphatic rings. The highest BCUT2D eigenvalue weighted by Gasteiger charge is 2.21. The van der Waals surface area contributed by atoms with Gasteiger partial charge in [0, 0.05) is 31.4 Å². The fourth-order valence-corrected chi connectivity index (χ4v) is 2.22. The lowest BCUT2D eigenvalue weighted by atomic mass is 10.1. The smallest absolute Gasteiger partial charge is 0.296 e. The molecule has 0 aliphatic heterocycles. The number of amides is 1. The number of benzene rings is 2. The zero-order chi connectivity index (χ0) is 18.6. The molecule has 132 valence electrons. The van der Waals surface area contributed by atoms with Crippen molar-refractivity contribution in [3.63, 3.8) is 0 Å². The van der Waals surface area contributed by atoms with Gasteiger partial charge in [-0.05, 0) is 24.3 Å². The van der Waals surface area contributed by atoms with Crippen molar-refractivity contribution in [1.29, 1.82) is 0 Å². The number of rotatable bonds is 6. The largest absolute Gasteiger partial charge is 0.493 e. The van der Waals surface area contributed by atoms with Crippen molar-refractivity contribution in [2.24, 2.45) is 0 Å². The second kappa shape index (κ2) is 7.52. The number of anilines is 2. The first-order valence-electron chi connectivity index (χ1n) is 7.36. The minimum atomic E-state index is -0.591. The van der Waals surface area contributed by atoms with Crippen LogP contribution in [0.3, 0.4) is 0 Å². The molecule has 2 aromatic carbocycles. The van der Waals surface area contributed by atoms with E-state index in [0.717, 1.165) is 5.69 Å². The lowest BCUT2D eigenvalue weighted by Crippen LogP contribution is -2.14. The summed E-state index contributed by atoms with van der Waals surface area (Å²) < 4.78 is 10.2. The van der Waals surface area contributed by atoms with Crippen LogP contribution in [-0.4, -0.2) is 39.1 Å².